The van der Waals surface area contributed by atoms with Gasteiger partial charge in [-0.3, -0.25) is 0 Å². The minimum absolute atomic E-state index is 0.238. The molecule has 120 valence electrons. The topological polar surface area (TPSA) is 81.4 Å². The molecule has 5 nitrogen and oxygen atoms in total. The molecule has 0 saturated heterocycles. The largest absolute Gasteiger partial charge is 0.398 e. The second-order valence-corrected chi connectivity index (χ2v) is 7.41. The molecule has 0 bridgehead atoms. The van der Waals surface area contributed by atoms with Crippen molar-refractivity contribution in [3.8, 4) is 0 Å². The van der Waals surface area contributed by atoms with E-state index >= 15 is 0 Å². The summed E-state index contributed by atoms with van der Waals surface area (Å²) in [5, 5.41) is 0. The van der Waals surface area contributed by atoms with Gasteiger partial charge in [0.15, 0.2) is 0 Å². The Morgan fingerprint density at radius 2 is 1.90 bits per heavy atom. The lowest BCUT2D eigenvalue weighted by Gasteiger charge is -2.12. The quantitative estimate of drug-likeness (QED) is 0.569. The van der Waals surface area contributed by atoms with Gasteiger partial charge in [-0.2, -0.15) is 0 Å². The van der Waals surface area contributed by atoms with Crippen LogP contribution in [-0.4, -0.2) is 28.2 Å². The number of nitrogens with one attached hydrogen (secondary N) is 1. The van der Waals surface area contributed by atoms with Crippen LogP contribution in [0.25, 0.3) is 0 Å². The van der Waals surface area contributed by atoms with Crippen LogP contribution in [0.5, 0.6) is 0 Å². The Bertz CT molecular complexity index is 569. The van der Waals surface area contributed by atoms with Gasteiger partial charge in [-0.15, -0.1) is 0 Å². The molecule has 0 aliphatic rings. The van der Waals surface area contributed by atoms with Crippen LogP contribution < -0.4 is 10.5 Å². The molecule has 0 heterocycles. The SMILES string of the molecule is Cc1cc(N)c(C)c(S(=O)(=O)NCCOCCC(C)C)c1. The normalized spacial score (nSPS) is 12.0. The van der Waals surface area contributed by atoms with Gasteiger partial charge in [-0.1, -0.05) is 13.8 Å². The van der Waals surface area contributed by atoms with Gasteiger partial charge < -0.3 is 10.5 Å². The van der Waals surface area contributed by atoms with E-state index in [0.717, 1.165) is 12.0 Å². The van der Waals surface area contributed by atoms with Crippen LogP contribution in [0.1, 0.15) is 31.4 Å². The van der Waals surface area contributed by atoms with E-state index in [1.54, 1.807) is 19.1 Å². The van der Waals surface area contributed by atoms with Crippen molar-refractivity contribution in [2.24, 2.45) is 5.92 Å². The summed E-state index contributed by atoms with van der Waals surface area (Å²) in [6.45, 7) is 9.05. The highest BCUT2D eigenvalue weighted by atomic mass is 32.2. The molecule has 0 aliphatic carbocycles. The molecule has 0 saturated carbocycles. The van der Waals surface area contributed by atoms with Crippen molar-refractivity contribution < 1.29 is 13.2 Å². The van der Waals surface area contributed by atoms with Gasteiger partial charge in [0.05, 0.1) is 11.5 Å². The smallest absolute Gasteiger partial charge is 0.240 e. The van der Waals surface area contributed by atoms with Crippen LogP contribution in [0.2, 0.25) is 0 Å². The number of nitrogen functional groups attached to an aromatic ring is 1. The van der Waals surface area contributed by atoms with E-state index in [0.29, 0.717) is 30.4 Å². The molecule has 0 radical (unpaired) electrons. The van der Waals surface area contributed by atoms with Crippen molar-refractivity contribution in [2.45, 2.75) is 39.0 Å². The van der Waals surface area contributed by atoms with Crippen LogP contribution in [0.4, 0.5) is 5.69 Å². The third kappa shape index (κ3) is 5.65. The molecule has 3 N–H and O–H groups in total. The molecule has 21 heavy (non-hydrogen) atoms. The third-order valence-electron chi connectivity index (χ3n) is 3.21. The Hall–Kier alpha value is -1.11. The van der Waals surface area contributed by atoms with Crippen LogP contribution in [-0.2, 0) is 14.8 Å². The second-order valence-electron chi connectivity index (χ2n) is 5.67. The molecule has 0 amide bonds. The standard InChI is InChI=1S/C15H26N2O3S/c1-11(2)5-7-20-8-6-17-21(18,19)15-10-12(3)9-14(16)13(15)4/h9-11,17H,5-8,16H2,1-4H3. The number of hydrogen-bond donors (Lipinski definition) is 2. The van der Waals surface area contributed by atoms with Crippen molar-refractivity contribution in [1.82, 2.24) is 4.72 Å². The van der Waals surface area contributed by atoms with Gasteiger partial charge in [0.1, 0.15) is 0 Å². The number of anilines is 1. The maximum Gasteiger partial charge on any atom is 0.240 e. The van der Waals surface area contributed by atoms with Crippen LogP contribution in [0.3, 0.4) is 0 Å². The van der Waals surface area contributed by atoms with Gasteiger partial charge >= 0.3 is 0 Å². The van der Waals surface area contributed by atoms with Crippen LogP contribution in [0.15, 0.2) is 17.0 Å². The first-order chi connectivity index (χ1) is 9.74. The van der Waals surface area contributed by atoms with Crippen molar-refractivity contribution in [2.75, 3.05) is 25.5 Å². The van der Waals surface area contributed by atoms with Crippen LogP contribution >= 0.6 is 0 Å². The van der Waals surface area contributed by atoms with E-state index in [2.05, 4.69) is 18.6 Å². The maximum absolute atomic E-state index is 12.3. The summed E-state index contributed by atoms with van der Waals surface area (Å²) in [5.74, 6) is 0.583. The molecule has 0 spiro atoms. The number of aryl methyl sites for hydroxylation is 1. The summed E-state index contributed by atoms with van der Waals surface area (Å²) >= 11 is 0. The number of rotatable bonds is 8. The molecule has 0 aromatic heterocycles. The average Bonchev–Trinajstić information content (AvgIpc) is 2.37. The fourth-order valence-electron chi connectivity index (χ4n) is 1.88. The summed E-state index contributed by atoms with van der Waals surface area (Å²) in [4.78, 5) is 0.238. The first kappa shape index (κ1) is 17.9. The molecule has 0 unspecified atom stereocenters. The van der Waals surface area contributed by atoms with E-state index in [1.807, 2.05) is 6.92 Å². The lowest BCUT2D eigenvalue weighted by Crippen LogP contribution is -2.28. The third-order valence-corrected chi connectivity index (χ3v) is 4.80. The number of benzene rings is 1. The maximum atomic E-state index is 12.3. The highest BCUT2D eigenvalue weighted by Crippen LogP contribution is 2.22. The highest BCUT2D eigenvalue weighted by molar-refractivity contribution is 7.89. The molecule has 1 rings (SSSR count). The lowest BCUT2D eigenvalue weighted by atomic mass is 10.1. The van der Waals surface area contributed by atoms with Gasteiger partial charge in [0.25, 0.3) is 0 Å². The molecule has 1 aromatic rings. The molecular weight excluding hydrogens is 288 g/mol. The monoisotopic (exact) mass is 314 g/mol. The van der Waals surface area contributed by atoms with E-state index in [4.69, 9.17) is 10.5 Å². The van der Waals surface area contributed by atoms with Gasteiger partial charge in [0, 0.05) is 18.8 Å². The zero-order valence-corrected chi connectivity index (χ0v) is 14.1. The molecular formula is C15H26N2O3S. The zero-order chi connectivity index (χ0) is 16.0. The molecule has 0 fully saturated rings. The Labute approximate surface area is 127 Å². The van der Waals surface area contributed by atoms with E-state index < -0.39 is 10.0 Å². The van der Waals surface area contributed by atoms with Crippen molar-refractivity contribution in [1.29, 1.82) is 0 Å². The average molecular weight is 314 g/mol. The zero-order valence-electron chi connectivity index (χ0n) is 13.3. The minimum Gasteiger partial charge on any atom is -0.398 e. The fraction of sp³-hybridized carbons (Fsp3) is 0.600. The minimum atomic E-state index is -3.55. The Morgan fingerprint density at radius 1 is 1.24 bits per heavy atom. The first-order valence-electron chi connectivity index (χ1n) is 7.18. The molecule has 0 aliphatic heterocycles. The summed E-state index contributed by atoms with van der Waals surface area (Å²) in [6.07, 6.45) is 0.972. The predicted molar refractivity (Wildman–Crippen MR) is 85.8 cm³/mol. The van der Waals surface area contributed by atoms with E-state index in [1.165, 1.54) is 0 Å². The Morgan fingerprint density at radius 3 is 2.52 bits per heavy atom. The summed E-state index contributed by atoms with van der Waals surface area (Å²) in [5.41, 5.74) is 7.72. The van der Waals surface area contributed by atoms with Crippen molar-refractivity contribution in [3.05, 3.63) is 23.3 Å². The Kier molecular flexibility index (Phi) is 6.64. The van der Waals surface area contributed by atoms with Crippen molar-refractivity contribution in [3.63, 3.8) is 0 Å². The predicted octanol–water partition coefficient (Wildman–Crippen LogP) is 2.23. The lowest BCUT2D eigenvalue weighted by molar-refractivity contribution is 0.128. The van der Waals surface area contributed by atoms with E-state index in [-0.39, 0.29) is 11.4 Å². The van der Waals surface area contributed by atoms with E-state index in [9.17, 15) is 8.42 Å². The van der Waals surface area contributed by atoms with Crippen LogP contribution in [0, 0.1) is 19.8 Å². The van der Waals surface area contributed by atoms with Gasteiger partial charge in [0.2, 0.25) is 10.0 Å². The molecule has 6 heteroatoms. The van der Waals surface area contributed by atoms with Gasteiger partial charge in [-0.25, -0.2) is 13.1 Å². The Balaban J connectivity index is 2.59. The second kappa shape index (κ2) is 7.77. The van der Waals surface area contributed by atoms with Gasteiger partial charge in [-0.05, 0) is 49.4 Å². The highest BCUT2D eigenvalue weighted by Gasteiger charge is 2.18. The number of sulfonamides is 1. The summed E-state index contributed by atoms with van der Waals surface area (Å²) in [7, 11) is -3.55. The summed E-state index contributed by atoms with van der Waals surface area (Å²) in [6, 6.07) is 3.40. The van der Waals surface area contributed by atoms with Crippen molar-refractivity contribution >= 4 is 15.7 Å². The molecule has 0 atom stereocenters. The number of ether oxygens (including phenoxy) is 1. The molecule has 1 aromatic carbocycles. The number of nitrogens with two attached hydrogens (primary N) is 1. The fourth-order valence-corrected chi connectivity index (χ4v) is 3.25. The first-order valence-corrected chi connectivity index (χ1v) is 8.66. The summed E-state index contributed by atoms with van der Waals surface area (Å²) < 4.78 is 32.5. The number of hydrogen-bond acceptors (Lipinski definition) is 4.